The zero-order chi connectivity index (χ0) is 18.2. The SMILES string of the molecule is O=C(C1CN(c2nc3ccccc3o2)CCO1)N1CCc2ccccc2C1. The number of amides is 1. The van der Waals surface area contributed by atoms with Crippen molar-refractivity contribution in [3.05, 3.63) is 59.7 Å². The third kappa shape index (κ3) is 3.06. The average molecular weight is 363 g/mol. The fraction of sp³-hybridized carbons (Fsp3) is 0.333. The number of hydrogen-bond donors (Lipinski definition) is 0. The molecule has 3 heterocycles. The number of carbonyl (C=O) groups excluding carboxylic acids is 1. The number of rotatable bonds is 2. The van der Waals surface area contributed by atoms with Crippen LogP contribution in [-0.2, 0) is 22.5 Å². The molecule has 6 heteroatoms. The quantitative estimate of drug-likeness (QED) is 0.701. The van der Waals surface area contributed by atoms with Crippen LogP contribution in [0.5, 0.6) is 0 Å². The lowest BCUT2D eigenvalue weighted by Gasteiger charge is -2.36. The van der Waals surface area contributed by atoms with Gasteiger partial charge in [0.05, 0.1) is 13.2 Å². The first kappa shape index (κ1) is 16.3. The van der Waals surface area contributed by atoms with E-state index in [9.17, 15) is 4.79 Å². The first-order valence-electron chi connectivity index (χ1n) is 9.35. The van der Waals surface area contributed by atoms with Crippen LogP contribution in [0.3, 0.4) is 0 Å². The van der Waals surface area contributed by atoms with Crippen molar-refractivity contribution >= 4 is 23.0 Å². The molecule has 0 N–H and O–H groups in total. The van der Waals surface area contributed by atoms with E-state index in [-0.39, 0.29) is 5.91 Å². The Balaban J connectivity index is 1.31. The van der Waals surface area contributed by atoms with Gasteiger partial charge in [-0.05, 0) is 29.7 Å². The van der Waals surface area contributed by atoms with Gasteiger partial charge in [-0.1, -0.05) is 36.4 Å². The van der Waals surface area contributed by atoms with E-state index >= 15 is 0 Å². The van der Waals surface area contributed by atoms with Crippen molar-refractivity contribution in [1.29, 1.82) is 0 Å². The summed E-state index contributed by atoms with van der Waals surface area (Å²) in [6.07, 6.45) is 0.405. The van der Waals surface area contributed by atoms with E-state index in [0.717, 1.165) is 24.1 Å². The number of hydrogen-bond acceptors (Lipinski definition) is 5. The predicted octanol–water partition coefficient (Wildman–Crippen LogP) is 2.62. The molecular weight excluding hydrogens is 342 g/mol. The molecule has 2 aliphatic heterocycles. The predicted molar refractivity (Wildman–Crippen MR) is 102 cm³/mol. The van der Waals surface area contributed by atoms with Crippen LogP contribution >= 0.6 is 0 Å². The lowest BCUT2D eigenvalue weighted by atomic mass is 9.99. The Hall–Kier alpha value is -2.86. The second-order valence-electron chi connectivity index (χ2n) is 7.05. The number of anilines is 1. The van der Waals surface area contributed by atoms with Crippen LogP contribution in [0.2, 0.25) is 0 Å². The zero-order valence-corrected chi connectivity index (χ0v) is 15.0. The number of aromatic nitrogens is 1. The number of ether oxygens (including phenoxy) is 1. The van der Waals surface area contributed by atoms with E-state index in [4.69, 9.17) is 9.15 Å². The van der Waals surface area contributed by atoms with Crippen molar-refractivity contribution in [1.82, 2.24) is 9.88 Å². The van der Waals surface area contributed by atoms with Crippen LogP contribution < -0.4 is 4.90 Å². The Labute approximate surface area is 157 Å². The minimum atomic E-state index is -0.487. The number of fused-ring (bicyclic) bond motifs is 2. The topological polar surface area (TPSA) is 58.8 Å². The molecule has 0 radical (unpaired) electrons. The van der Waals surface area contributed by atoms with Crippen molar-refractivity contribution in [2.24, 2.45) is 0 Å². The van der Waals surface area contributed by atoms with Gasteiger partial charge in [-0.25, -0.2) is 0 Å². The summed E-state index contributed by atoms with van der Waals surface area (Å²) >= 11 is 0. The molecule has 27 heavy (non-hydrogen) atoms. The summed E-state index contributed by atoms with van der Waals surface area (Å²) in [6.45, 7) is 3.00. The van der Waals surface area contributed by atoms with Gasteiger partial charge in [0.25, 0.3) is 11.9 Å². The molecule has 2 aromatic carbocycles. The molecule has 3 aromatic rings. The molecule has 0 spiro atoms. The molecule has 1 aromatic heterocycles. The summed E-state index contributed by atoms with van der Waals surface area (Å²) in [5.41, 5.74) is 4.15. The summed E-state index contributed by atoms with van der Waals surface area (Å²) in [5.74, 6) is 0.0466. The van der Waals surface area contributed by atoms with Crippen LogP contribution in [0, 0.1) is 0 Å². The van der Waals surface area contributed by atoms with Crippen LogP contribution in [0.4, 0.5) is 6.01 Å². The third-order valence-corrected chi connectivity index (χ3v) is 5.34. The van der Waals surface area contributed by atoms with Gasteiger partial charge in [0.2, 0.25) is 0 Å². The van der Waals surface area contributed by atoms with Gasteiger partial charge in [0, 0.05) is 19.6 Å². The first-order valence-corrected chi connectivity index (χ1v) is 9.35. The van der Waals surface area contributed by atoms with Gasteiger partial charge in [-0.3, -0.25) is 4.79 Å². The molecule has 1 fully saturated rings. The molecule has 1 atom stereocenters. The number of carbonyl (C=O) groups is 1. The van der Waals surface area contributed by atoms with Gasteiger partial charge < -0.3 is 19.0 Å². The fourth-order valence-corrected chi connectivity index (χ4v) is 3.86. The van der Waals surface area contributed by atoms with E-state index in [1.807, 2.05) is 40.1 Å². The van der Waals surface area contributed by atoms with Gasteiger partial charge in [-0.2, -0.15) is 4.98 Å². The lowest BCUT2D eigenvalue weighted by Crippen LogP contribution is -2.52. The van der Waals surface area contributed by atoms with Gasteiger partial charge >= 0.3 is 0 Å². The van der Waals surface area contributed by atoms with Crippen LogP contribution in [0.1, 0.15) is 11.1 Å². The number of nitrogens with zero attached hydrogens (tertiary/aromatic N) is 3. The Morgan fingerprint density at radius 2 is 1.85 bits per heavy atom. The second-order valence-corrected chi connectivity index (χ2v) is 7.05. The maximum absolute atomic E-state index is 13.0. The summed E-state index contributed by atoms with van der Waals surface area (Å²) < 4.78 is 11.7. The maximum Gasteiger partial charge on any atom is 0.298 e. The average Bonchev–Trinajstić information content (AvgIpc) is 3.17. The molecule has 5 rings (SSSR count). The van der Waals surface area contributed by atoms with Crippen LogP contribution in [0.25, 0.3) is 11.1 Å². The summed E-state index contributed by atoms with van der Waals surface area (Å²) in [4.78, 5) is 21.5. The van der Waals surface area contributed by atoms with E-state index in [1.165, 1.54) is 11.1 Å². The first-order chi connectivity index (χ1) is 13.3. The minimum Gasteiger partial charge on any atom is -0.423 e. The van der Waals surface area contributed by atoms with E-state index in [0.29, 0.717) is 32.3 Å². The molecule has 138 valence electrons. The normalized spacial score (nSPS) is 19.9. The number of benzene rings is 2. The van der Waals surface area contributed by atoms with Gasteiger partial charge in [0.1, 0.15) is 5.52 Å². The minimum absolute atomic E-state index is 0.0466. The molecule has 1 saturated heterocycles. The Morgan fingerprint density at radius 3 is 2.74 bits per heavy atom. The van der Waals surface area contributed by atoms with Crippen molar-refractivity contribution in [2.75, 3.05) is 31.1 Å². The van der Waals surface area contributed by atoms with Crippen molar-refractivity contribution in [3.63, 3.8) is 0 Å². The molecule has 6 nitrogen and oxygen atoms in total. The Kier molecular flexibility index (Phi) is 4.05. The Bertz CT molecular complexity index is 950. The summed E-state index contributed by atoms with van der Waals surface area (Å²) in [6, 6.07) is 16.6. The summed E-state index contributed by atoms with van der Waals surface area (Å²) in [5, 5.41) is 0. The fourth-order valence-electron chi connectivity index (χ4n) is 3.86. The molecule has 1 amide bonds. The molecule has 2 aliphatic rings. The highest BCUT2D eigenvalue weighted by Gasteiger charge is 2.33. The van der Waals surface area contributed by atoms with Gasteiger partial charge in [0.15, 0.2) is 11.7 Å². The number of para-hydroxylation sites is 2. The highest BCUT2D eigenvalue weighted by Crippen LogP contribution is 2.25. The smallest absolute Gasteiger partial charge is 0.298 e. The molecule has 1 unspecified atom stereocenters. The van der Waals surface area contributed by atoms with Crippen LogP contribution in [-0.4, -0.2) is 48.1 Å². The van der Waals surface area contributed by atoms with Crippen LogP contribution in [0.15, 0.2) is 52.9 Å². The zero-order valence-electron chi connectivity index (χ0n) is 15.0. The maximum atomic E-state index is 13.0. The van der Waals surface area contributed by atoms with E-state index in [2.05, 4.69) is 23.2 Å². The Morgan fingerprint density at radius 1 is 1.04 bits per heavy atom. The molecule has 0 bridgehead atoms. The van der Waals surface area contributed by atoms with Gasteiger partial charge in [-0.15, -0.1) is 0 Å². The van der Waals surface area contributed by atoms with Crippen molar-refractivity contribution in [3.8, 4) is 0 Å². The third-order valence-electron chi connectivity index (χ3n) is 5.34. The molecular formula is C21H21N3O3. The second kappa shape index (κ2) is 6.70. The van der Waals surface area contributed by atoms with E-state index in [1.54, 1.807) is 0 Å². The molecule has 0 aliphatic carbocycles. The van der Waals surface area contributed by atoms with Crippen molar-refractivity contribution < 1.29 is 13.9 Å². The largest absolute Gasteiger partial charge is 0.423 e. The number of morpholine rings is 1. The highest BCUT2D eigenvalue weighted by molar-refractivity contribution is 5.82. The van der Waals surface area contributed by atoms with E-state index < -0.39 is 6.10 Å². The lowest BCUT2D eigenvalue weighted by molar-refractivity contribution is -0.145. The summed E-state index contributed by atoms with van der Waals surface area (Å²) in [7, 11) is 0. The molecule has 0 saturated carbocycles. The standard InChI is InChI=1S/C21H21N3O3/c25-20(23-10-9-15-5-1-2-6-16(15)13-23)19-14-24(11-12-26-19)21-22-17-7-3-4-8-18(17)27-21/h1-8,19H,9-14H2. The number of oxazole rings is 1. The highest BCUT2D eigenvalue weighted by atomic mass is 16.5. The monoisotopic (exact) mass is 363 g/mol. The van der Waals surface area contributed by atoms with Crippen molar-refractivity contribution in [2.45, 2.75) is 19.1 Å².